The second-order valence-corrected chi connectivity index (χ2v) is 7.91. The number of aromatic nitrogens is 2. The molecule has 24 heavy (non-hydrogen) atoms. The molecule has 2 aromatic rings. The number of hydrogen-bond donors (Lipinski definition) is 2. The monoisotopic (exact) mass is 363 g/mol. The minimum atomic E-state index is -0.395. The summed E-state index contributed by atoms with van der Waals surface area (Å²) in [6.07, 6.45) is 0. The summed E-state index contributed by atoms with van der Waals surface area (Å²) in [5, 5.41) is 14.3. The van der Waals surface area contributed by atoms with Crippen LogP contribution in [-0.4, -0.2) is 45.4 Å². The molecule has 1 atom stereocenters. The molecule has 1 fully saturated rings. The third kappa shape index (κ3) is 3.85. The Labute approximate surface area is 147 Å². The van der Waals surface area contributed by atoms with Gasteiger partial charge < -0.3 is 10.6 Å². The van der Waals surface area contributed by atoms with Gasteiger partial charge in [-0.05, 0) is 31.5 Å². The van der Waals surface area contributed by atoms with Crippen LogP contribution in [0.3, 0.4) is 0 Å². The van der Waals surface area contributed by atoms with E-state index in [1.165, 1.54) is 28.0 Å². The van der Waals surface area contributed by atoms with Crippen molar-refractivity contribution >= 4 is 45.9 Å². The van der Waals surface area contributed by atoms with Crippen molar-refractivity contribution in [1.29, 1.82) is 0 Å². The summed E-state index contributed by atoms with van der Waals surface area (Å²) in [7, 11) is 0. The van der Waals surface area contributed by atoms with E-state index in [-0.39, 0.29) is 11.9 Å². The summed E-state index contributed by atoms with van der Waals surface area (Å²) in [5.41, 5.74) is 2.10. The van der Waals surface area contributed by atoms with E-state index in [1.807, 2.05) is 31.2 Å². The second kappa shape index (κ2) is 7.18. The van der Waals surface area contributed by atoms with Gasteiger partial charge in [0, 0.05) is 18.8 Å². The molecular weight excluding hydrogens is 346 g/mol. The zero-order valence-corrected chi connectivity index (χ0v) is 14.9. The molecule has 1 aliphatic heterocycles. The van der Waals surface area contributed by atoms with E-state index >= 15 is 0 Å². The summed E-state index contributed by atoms with van der Waals surface area (Å²) < 4.78 is 0.686. The molecule has 3 amide bonds. The number of urea groups is 1. The van der Waals surface area contributed by atoms with E-state index in [0.717, 1.165) is 11.3 Å². The zero-order chi connectivity index (χ0) is 17.1. The number of hydrogen-bond acceptors (Lipinski definition) is 7. The Morgan fingerprint density at radius 1 is 1.46 bits per heavy atom. The van der Waals surface area contributed by atoms with Crippen molar-refractivity contribution in [2.24, 2.45) is 0 Å². The Balaban J connectivity index is 1.61. The maximum atomic E-state index is 12.3. The maximum Gasteiger partial charge on any atom is 0.324 e. The summed E-state index contributed by atoms with van der Waals surface area (Å²) in [5.74, 6) is -0.210. The summed E-state index contributed by atoms with van der Waals surface area (Å²) in [4.78, 5) is 25.1. The molecule has 1 aromatic carbocycles. The van der Waals surface area contributed by atoms with Crippen molar-refractivity contribution in [3.05, 3.63) is 29.8 Å². The first kappa shape index (κ1) is 16.7. The highest BCUT2D eigenvalue weighted by molar-refractivity contribution is 8.02. The lowest BCUT2D eigenvalue weighted by Crippen LogP contribution is -2.38. The fourth-order valence-corrected chi connectivity index (χ4v) is 4.24. The highest BCUT2D eigenvalue weighted by Gasteiger charge is 2.30. The molecule has 1 aliphatic rings. The number of imide groups is 1. The summed E-state index contributed by atoms with van der Waals surface area (Å²) in [6.45, 7) is 4.71. The average Bonchev–Trinajstić information content (AvgIpc) is 3.15. The topological polar surface area (TPSA) is 87.2 Å². The molecule has 0 saturated carbocycles. The molecule has 0 spiro atoms. The van der Waals surface area contributed by atoms with Crippen molar-refractivity contribution in [3.8, 4) is 0 Å². The Morgan fingerprint density at radius 2 is 2.29 bits per heavy atom. The van der Waals surface area contributed by atoms with Crippen LogP contribution in [0, 0.1) is 6.92 Å². The van der Waals surface area contributed by atoms with E-state index in [0.29, 0.717) is 22.6 Å². The Morgan fingerprint density at radius 3 is 3.00 bits per heavy atom. The van der Waals surface area contributed by atoms with E-state index in [9.17, 15) is 9.59 Å². The van der Waals surface area contributed by atoms with Gasteiger partial charge >= 0.3 is 6.03 Å². The fraction of sp³-hybridized carbons (Fsp3) is 0.333. The van der Waals surface area contributed by atoms with Gasteiger partial charge in [-0.3, -0.25) is 9.69 Å². The van der Waals surface area contributed by atoms with Gasteiger partial charge in [-0.25, -0.2) is 4.79 Å². The standard InChI is InChI=1S/C15H17N5O2S2/c1-9-4-3-5-11(8-9)17-13-18-19-15(24-13)23-10(2)12(21)20-7-6-16-14(20)22/h3-5,8,10H,6-7H2,1-2H3,(H,16,22)(H,17,18). The quantitative estimate of drug-likeness (QED) is 0.794. The van der Waals surface area contributed by atoms with Crippen LogP contribution in [0.5, 0.6) is 0 Å². The number of rotatable bonds is 5. The van der Waals surface area contributed by atoms with Crippen molar-refractivity contribution < 1.29 is 9.59 Å². The van der Waals surface area contributed by atoms with Gasteiger partial charge in [0.1, 0.15) is 0 Å². The van der Waals surface area contributed by atoms with Crippen LogP contribution in [0.25, 0.3) is 0 Å². The minimum Gasteiger partial charge on any atom is -0.336 e. The highest BCUT2D eigenvalue weighted by atomic mass is 32.2. The zero-order valence-electron chi connectivity index (χ0n) is 13.3. The van der Waals surface area contributed by atoms with Crippen molar-refractivity contribution in [1.82, 2.24) is 20.4 Å². The van der Waals surface area contributed by atoms with E-state index in [4.69, 9.17) is 0 Å². The fourth-order valence-electron chi connectivity index (χ4n) is 2.26. The van der Waals surface area contributed by atoms with Crippen LogP contribution in [-0.2, 0) is 4.79 Å². The molecule has 3 rings (SSSR count). The number of benzene rings is 1. The largest absolute Gasteiger partial charge is 0.336 e. The van der Waals surface area contributed by atoms with Crippen LogP contribution in [0.4, 0.5) is 15.6 Å². The smallest absolute Gasteiger partial charge is 0.324 e. The number of thioether (sulfide) groups is 1. The van der Waals surface area contributed by atoms with Crippen LogP contribution in [0.2, 0.25) is 0 Å². The SMILES string of the molecule is Cc1cccc(Nc2nnc(SC(C)C(=O)N3CCNC3=O)s2)c1. The lowest BCUT2D eigenvalue weighted by molar-refractivity contribution is -0.126. The molecule has 7 nitrogen and oxygen atoms in total. The number of carbonyl (C=O) groups is 2. The molecule has 1 aromatic heterocycles. The molecule has 9 heteroatoms. The van der Waals surface area contributed by atoms with Gasteiger partial charge in [0.25, 0.3) is 0 Å². The Hall–Kier alpha value is -2.13. The third-order valence-corrected chi connectivity index (χ3v) is 5.43. The maximum absolute atomic E-state index is 12.3. The van der Waals surface area contributed by atoms with Gasteiger partial charge in [0.2, 0.25) is 11.0 Å². The molecule has 0 radical (unpaired) electrons. The number of aryl methyl sites for hydroxylation is 1. The lowest BCUT2D eigenvalue weighted by Gasteiger charge is -2.16. The molecule has 1 saturated heterocycles. The second-order valence-electron chi connectivity index (χ2n) is 5.35. The van der Waals surface area contributed by atoms with Gasteiger partial charge in [-0.1, -0.05) is 35.2 Å². The molecule has 1 unspecified atom stereocenters. The summed E-state index contributed by atoms with van der Waals surface area (Å²) >= 11 is 2.69. The molecule has 2 N–H and O–H groups in total. The van der Waals surface area contributed by atoms with Crippen LogP contribution < -0.4 is 10.6 Å². The van der Waals surface area contributed by atoms with Gasteiger partial charge in [0.05, 0.1) is 5.25 Å². The molecule has 126 valence electrons. The van der Waals surface area contributed by atoms with Crippen molar-refractivity contribution in [3.63, 3.8) is 0 Å². The third-order valence-electron chi connectivity index (χ3n) is 3.42. The predicted molar refractivity (Wildman–Crippen MR) is 94.8 cm³/mol. The summed E-state index contributed by atoms with van der Waals surface area (Å²) in [6, 6.07) is 7.64. The molecular formula is C15H17N5O2S2. The number of nitrogens with one attached hydrogen (secondary N) is 2. The van der Waals surface area contributed by atoms with Crippen LogP contribution in [0.1, 0.15) is 12.5 Å². The van der Waals surface area contributed by atoms with E-state index in [2.05, 4.69) is 20.8 Å². The normalized spacial score (nSPS) is 15.2. The Kier molecular flexibility index (Phi) is 5.00. The lowest BCUT2D eigenvalue weighted by atomic mass is 10.2. The first-order valence-corrected chi connectivity index (χ1v) is 9.15. The van der Waals surface area contributed by atoms with E-state index < -0.39 is 5.25 Å². The van der Waals surface area contributed by atoms with Gasteiger partial charge in [-0.15, -0.1) is 10.2 Å². The first-order valence-electron chi connectivity index (χ1n) is 7.46. The van der Waals surface area contributed by atoms with Crippen molar-refractivity contribution in [2.75, 3.05) is 18.4 Å². The number of amides is 3. The van der Waals surface area contributed by atoms with Gasteiger partial charge in [0.15, 0.2) is 4.34 Å². The first-order chi connectivity index (χ1) is 11.5. The van der Waals surface area contributed by atoms with Gasteiger partial charge in [-0.2, -0.15) is 0 Å². The van der Waals surface area contributed by atoms with Crippen LogP contribution >= 0.6 is 23.1 Å². The predicted octanol–water partition coefficient (Wildman–Crippen LogP) is 2.62. The average molecular weight is 363 g/mol. The molecule has 0 bridgehead atoms. The van der Waals surface area contributed by atoms with E-state index in [1.54, 1.807) is 6.92 Å². The number of anilines is 2. The Bertz CT molecular complexity index is 764. The van der Waals surface area contributed by atoms with Crippen LogP contribution in [0.15, 0.2) is 28.6 Å². The minimum absolute atomic E-state index is 0.210. The molecule has 2 heterocycles. The number of nitrogens with zero attached hydrogens (tertiary/aromatic N) is 3. The number of carbonyl (C=O) groups excluding carboxylic acids is 2. The van der Waals surface area contributed by atoms with Crippen molar-refractivity contribution in [2.45, 2.75) is 23.4 Å². The molecule has 0 aliphatic carbocycles. The highest BCUT2D eigenvalue weighted by Crippen LogP contribution is 2.31.